The van der Waals surface area contributed by atoms with Crippen molar-refractivity contribution in [2.45, 2.75) is 49.6 Å². The Morgan fingerprint density at radius 2 is 1.57 bits per heavy atom. The number of ether oxygens (including phenoxy) is 2. The number of phenols is 4. The number of benzene rings is 2. The van der Waals surface area contributed by atoms with Gasteiger partial charge in [0.15, 0.2) is 23.0 Å². The Kier molecular flexibility index (Phi) is 8.25. The standard InChI is InChI=1S/C25H26O12/c26-15-5-1-13(9-17(15)28)3-7-21(31)36-20-12-25(24(34)35,11-19(30)23(20)33)37-22(32)8-4-14-2-6-16(27)18(29)10-14/h1-3,5-7,9-10,19-20,23,26-30,33H,4,8,11-12H2,(H,34,35)/b7-3+/t19-,20-,23-,25+/m1/s1. The summed E-state index contributed by atoms with van der Waals surface area (Å²) in [5.41, 5.74) is -1.49. The number of phenolic OH excluding ortho intramolecular Hbond substituents is 4. The molecular weight excluding hydrogens is 492 g/mol. The molecule has 2 aromatic carbocycles. The summed E-state index contributed by atoms with van der Waals surface area (Å²) in [5, 5.41) is 68.2. The van der Waals surface area contributed by atoms with Gasteiger partial charge in [-0.15, -0.1) is 0 Å². The van der Waals surface area contributed by atoms with Gasteiger partial charge in [0.2, 0.25) is 5.60 Å². The Morgan fingerprint density at radius 1 is 0.919 bits per heavy atom. The fourth-order valence-electron chi connectivity index (χ4n) is 3.89. The highest BCUT2D eigenvalue weighted by Gasteiger charge is 2.54. The fourth-order valence-corrected chi connectivity index (χ4v) is 3.89. The van der Waals surface area contributed by atoms with Crippen LogP contribution in [0.5, 0.6) is 23.0 Å². The molecule has 198 valence electrons. The van der Waals surface area contributed by atoms with Crippen molar-refractivity contribution in [3.8, 4) is 23.0 Å². The Hall–Kier alpha value is -4.29. The second kappa shape index (κ2) is 11.2. The van der Waals surface area contributed by atoms with Crippen LogP contribution in [0.25, 0.3) is 6.08 Å². The number of hydrogen-bond donors (Lipinski definition) is 7. The van der Waals surface area contributed by atoms with E-state index in [0.717, 1.165) is 6.08 Å². The quantitative estimate of drug-likeness (QED) is 0.148. The first-order valence-corrected chi connectivity index (χ1v) is 11.1. The van der Waals surface area contributed by atoms with Crippen molar-refractivity contribution in [2.24, 2.45) is 0 Å². The molecule has 2 aromatic rings. The van der Waals surface area contributed by atoms with Crippen molar-refractivity contribution < 1.29 is 59.6 Å². The van der Waals surface area contributed by atoms with Crippen molar-refractivity contribution in [1.82, 2.24) is 0 Å². The zero-order valence-electron chi connectivity index (χ0n) is 19.4. The van der Waals surface area contributed by atoms with Gasteiger partial charge in [-0.25, -0.2) is 9.59 Å². The molecule has 1 saturated carbocycles. The SMILES string of the molecule is O=C(/C=C/c1ccc(O)c(O)c1)O[C@@H]1C[C@](OC(=O)CCc2ccc(O)c(O)c2)(C(=O)O)C[C@@H](O)[C@H]1O. The molecule has 0 bridgehead atoms. The van der Waals surface area contributed by atoms with E-state index < -0.39 is 66.2 Å². The molecule has 37 heavy (non-hydrogen) atoms. The smallest absolute Gasteiger partial charge is 0.348 e. The summed E-state index contributed by atoms with van der Waals surface area (Å²) in [4.78, 5) is 36.9. The zero-order chi connectivity index (χ0) is 27.3. The van der Waals surface area contributed by atoms with E-state index in [1.54, 1.807) is 0 Å². The molecule has 0 heterocycles. The number of aromatic hydroxyl groups is 4. The summed E-state index contributed by atoms with van der Waals surface area (Å²) in [6, 6.07) is 7.68. The highest BCUT2D eigenvalue weighted by Crippen LogP contribution is 2.35. The van der Waals surface area contributed by atoms with Gasteiger partial charge in [0.05, 0.1) is 6.10 Å². The molecule has 1 aliphatic rings. The third-order valence-electron chi connectivity index (χ3n) is 5.88. The zero-order valence-corrected chi connectivity index (χ0v) is 19.4. The van der Waals surface area contributed by atoms with E-state index in [4.69, 9.17) is 9.47 Å². The number of aryl methyl sites for hydroxylation is 1. The second-order valence-electron chi connectivity index (χ2n) is 8.62. The van der Waals surface area contributed by atoms with Gasteiger partial charge < -0.3 is 45.2 Å². The van der Waals surface area contributed by atoms with Crippen LogP contribution < -0.4 is 0 Å². The highest BCUT2D eigenvalue weighted by atomic mass is 16.6. The fraction of sp³-hybridized carbons (Fsp3) is 0.320. The van der Waals surface area contributed by atoms with Gasteiger partial charge in [0.25, 0.3) is 0 Å². The summed E-state index contributed by atoms with van der Waals surface area (Å²) in [5.74, 6) is -5.08. The third-order valence-corrected chi connectivity index (χ3v) is 5.88. The van der Waals surface area contributed by atoms with E-state index in [9.17, 15) is 50.1 Å². The van der Waals surface area contributed by atoms with E-state index in [2.05, 4.69) is 0 Å². The van der Waals surface area contributed by atoms with Crippen molar-refractivity contribution in [3.05, 3.63) is 53.6 Å². The van der Waals surface area contributed by atoms with E-state index in [1.807, 2.05) is 0 Å². The maximum atomic E-state index is 12.5. The maximum absolute atomic E-state index is 12.5. The molecule has 0 saturated heterocycles. The van der Waals surface area contributed by atoms with Gasteiger partial charge >= 0.3 is 17.9 Å². The number of rotatable bonds is 8. The van der Waals surface area contributed by atoms with Gasteiger partial charge in [-0.3, -0.25) is 4.79 Å². The third kappa shape index (κ3) is 6.68. The number of aliphatic hydroxyl groups excluding tert-OH is 2. The summed E-state index contributed by atoms with van der Waals surface area (Å²) < 4.78 is 10.4. The van der Waals surface area contributed by atoms with Gasteiger partial charge in [-0.2, -0.15) is 0 Å². The van der Waals surface area contributed by atoms with Crippen LogP contribution in [0.1, 0.15) is 30.4 Å². The number of aliphatic carboxylic acids is 1. The van der Waals surface area contributed by atoms with Crippen LogP contribution in [0.15, 0.2) is 42.5 Å². The van der Waals surface area contributed by atoms with Crippen LogP contribution in [0.2, 0.25) is 0 Å². The topological polar surface area (TPSA) is 211 Å². The number of esters is 2. The minimum atomic E-state index is -2.29. The van der Waals surface area contributed by atoms with Gasteiger partial charge in [0, 0.05) is 25.3 Å². The lowest BCUT2D eigenvalue weighted by Gasteiger charge is -2.41. The number of carboxylic acid groups (broad SMARTS) is 1. The van der Waals surface area contributed by atoms with Crippen LogP contribution in [-0.2, 0) is 30.3 Å². The molecule has 0 spiro atoms. The molecule has 0 unspecified atom stereocenters. The first-order valence-electron chi connectivity index (χ1n) is 11.1. The van der Waals surface area contributed by atoms with Gasteiger partial charge in [0.1, 0.15) is 12.2 Å². The number of carbonyl (C=O) groups excluding carboxylic acids is 2. The Labute approximate surface area is 210 Å². The summed E-state index contributed by atoms with van der Waals surface area (Å²) in [7, 11) is 0. The number of hydrogen-bond acceptors (Lipinski definition) is 11. The lowest BCUT2D eigenvalue weighted by molar-refractivity contribution is -0.209. The summed E-state index contributed by atoms with van der Waals surface area (Å²) >= 11 is 0. The van der Waals surface area contributed by atoms with Crippen LogP contribution >= 0.6 is 0 Å². The first-order chi connectivity index (χ1) is 17.4. The normalized spacial score (nSPS) is 23.5. The monoisotopic (exact) mass is 518 g/mol. The lowest BCUT2D eigenvalue weighted by Crippen LogP contribution is -2.58. The van der Waals surface area contributed by atoms with E-state index >= 15 is 0 Å². The Balaban J connectivity index is 1.68. The summed E-state index contributed by atoms with van der Waals surface area (Å²) in [6.07, 6.45) is -4.25. The van der Waals surface area contributed by atoms with Crippen molar-refractivity contribution in [2.75, 3.05) is 0 Å². The molecule has 0 aromatic heterocycles. The van der Waals surface area contributed by atoms with E-state index in [1.165, 1.54) is 42.5 Å². The first kappa shape index (κ1) is 27.3. The average Bonchev–Trinajstić information content (AvgIpc) is 2.83. The minimum Gasteiger partial charge on any atom is -0.504 e. The molecule has 3 rings (SSSR count). The van der Waals surface area contributed by atoms with Crippen molar-refractivity contribution >= 4 is 24.0 Å². The molecule has 0 amide bonds. The van der Waals surface area contributed by atoms with Crippen LogP contribution in [0, 0.1) is 0 Å². The predicted octanol–water partition coefficient (Wildman–Crippen LogP) is 0.949. The predicted molar refractivity (Wildman–Crippen MR) is 124 cm³/mol. The maximum Gasteiger partial charge on any atom is 0.348 e. The van der Waals surface area contributed by atoms with Gasteiger partial charge in [-0.05, 0) is 47.9 Å². The molecule has 7 N–H and O–H groups in total. The Morgan fingerprint density at radius 3 is 2.19 bits per heavy atom. The van der Waals surface area contributed by atoms with Crippen LogP contribution in [0.4, 0.5) is 0 Å². The lowest BCUT2D eigenvalue weighted by atomic mass is 9.79. The molecule has 12 heteroatoms. The number of aliphatic hydroxyl groups is 2. The Bertz CT molecular complexity index is 1210. The van der Waals surface area contributed by atoms with Gasteiger partial charge in [-0.1, -0.05) is 12.1 Å². The number of carboxylic acids is 1. The molecular formula is C25H26O12. The van der Waals surface area contributed by atoms with Crippen LogP contribution in [0.3, 0.4) is 0 Å². The molecule has 1 fully saturated rings. The average molecular weight is 518 g/mol. The molecule has 12 nitrogen and oxygen atoms in total. The minimum absolute atomic E-state index is 0.0452. The summed E-state index contributed by atoms with van der Waals surface area (Å²) in [6.45, 7) is 0. The van der Waals surface area contributed by atoms with E-state index in [-0.39, 0.29) is 24.3 Å². The van der Waals surface area contributed by atoms with Crippen molar-refractivity contribution in [1.29, 1.82) is 0 Å². The molecule has 0 radical (unpaired) electrons. The molecule has 0 aliphatic heterocycles. The number of carbonyl (C=O) groups is 3. The molecule has 1 aliphatic carbocycles. The van der Waals surface area contributed by atoms with Crippen LogP contribution in [-0.4, -0.2) is 77.6 Å². The van der Waals surface area contributed by atoms with Crippen molar-refractivity contribution in [3.63, 3.8) is 0 Å². The second-order valence-corrected chi connectivity index (χ2v) is 8.62. The largest absolute Gasteiger partial charge is 0.504 e. The van der Waals surface area contributed by atoms with E-state index in [0.29, 0.717) is 11.1 Å². The molecule has 4 atom stereocenters. The highest BCUT2D eigenvalue weighted by molar-refractivity contribution is 5.87.